The van der Waals surface area contributed by atoms with Crippen LogP contribution in [0.5, 0.6) is 0 Å². The molecule has 0 aliphatic carbocycles. The molecule has 0 bridgehead atoms. The van der Waals surface area contributed by atoms with Crippen molar-refractivity contribution >= 4 is 34.1 Å². The van der Waals surface area contributed by atoms with Crippen molar-refractivity contribution in [2.24, 2.45) is 11.5 Å². The van der Waals surface area contributed by atoms with Gasteiger partial charge in [-0.3, -0.25) is 9.48 Å². The molecular weight excluding hydrogens is 392 g/mol. The van der Waals surface area contributed by atoms with Gasteiger partial charge in [-0.2, -0.15) is 5.10 Å². The van der Waals surface area contributed by atoms with Crippen LogP contribution < -0.4 is 22.1 Å². The first kappa shape index (κ1) is 21.4. The fourth-order valence-corrected chi connectivity index (χ4v) is 3.17. The number of anilines is 3. The Morgan fingerprint density at radius 2 is 1.97 bits per heavy atom. The van der Waals surface area contributed by atoms with E-state index in [-0.39, 0.29) is 29.3 Å². The van der Waals surface area contributed by atoms with Crippen molar-refractivity contribution in [2.75, 3.05) is 10.6 Å². The Hall–Kier alpha value is -3.27. The van der Waals surface area contributed by atoms with E-state index in [1.807, 2.05) is 13.8 Å². The summed E-state index contributed by atoms with van der Waals surface area (Å²) >= 11 is 0. The van der Waals surface area contributed by atoms with Gasteiger partial charge in [0, 0.05) is 24.0 Å². The van der Waals surface area contributed by atoms with Crippen molar-refractivity contribution in [3.63, 3.8) is 0 Å². The van der Waals surface area contributed by atoms with Crippen LogP contribution in [-0.2, 0) is 6.54 Å². The van der Waals surface area contributed by atoms with E-state index in [1.54, 1.807) is 17.8 Å². The molecule has 30 heavy (non-hydrogen) atoms. The van der Waals surface area contributed by atoms with E-state index in [9.17, 15) is 13.6 Å². The largest absolute Gasteiger partial charge is 0.365 e. The molecule has 0 radical (unpaired) electrons. The van der Waals surface area contributed by atoms with E-state index >= 15 is 0 Å². The number of primary amides is 1. The minimum atomic E-state index is -0.870. The molecule has 1 amide bonds. The van der Waals surface area contributed by atoms with Crippen LogP contribution in [0.15, 0.2) is 24.4 Å². The topological polar surface area (TPSA) is 124 Å². The van der Waals surface area contributed by atoms with E-state index in [0.29, 0.717) is 29.6 Å². The van der Waals surface area contributed by atoms with Crippen LogP contribution in [0.1, 0.15) is 37.6 Å². The first-order valence-corrected chi connectivity index (χ1v) is 9.69. The van der Waals surface area contributed by atoms with E-state index in [2.05, 4.69) is 20.7 Å². The van der Waals surface area contributed by atoms with Crippen LogP contribution >= 0.6 is 0 Å². The van der Waals surface area contributed by atoms with Gasteiger partial charge in [0.05, 0.1) is 23.0 Å². The molecule has 10 heteroatoms. The Morgan fingerprint density at radius 1 is 1.23 bits per heavy atom. The highest BCUT2D eigenvalue weighted by molar-refractivity contribution is 6.00. The highest BCUT2D eigenvalue weighted by Crippen LogP contribution is 2.30. The molecular formula is C20H25F2N7O. The lowest BCUT2D eigenvalue weighted by Gasteiger charge is -2.21. The monoisotopic (exact) mass is 417 g/mol. The maximum Gasteiger partial charge on any atom is 0.252 e. The molecule has 2 aromatic heterocycles. The molecule has 1 aromatic carbocycles. The highest BCUT2D eigenvalue weighted by Gasteiger charge is 2.20. The lowest BCUT2D eigenvalue weighted by Crippen LogP contribution is -2.38. The third kappa shape index (κ3) is 4.18. The van der Waals surface area contributed by atoms with Crippen molar-refractivity contribution in [3.05, 3.63) is 41.6 Å². The zero-order chi connectivity index (χ0) is 22.0. The molecule has 2 heterocycles. The first-order valence-electron chi connectivity index (χ1n) is 9.69. The molecule has 6 N–H and O–H groups in total. The first-order chi connectivity index (χ1) is 14.2. The van der Waals surface area contributed by atoms with E-state index in [0.717, 1.165) is 6.07 Å². The number of hydrogen-bond acceptors (Lipinski definition) is 6. The maximum atomic E-state index is 14.5. The predicted molar refractivity (Wildman–Crippen MR) is 113 cm³/mol. The number of hydrogen-bond donors (Lipinski definition) is 4. The minimum absolute atomic E-state index is 0.000168. The summed E-state index contributed by atoms with van der Waals surface area (Å²) in [5.41, 5.74) is 12.1. The molecule has 160 valence electrons. The minimum Gasteiger partial charge on any atom is -0.365 e. The van der Waals surface area contributed by atoms with Crippen LogP contribution in [0.2, 0.25) is 0 Å². The molecule has 0 aliphatic heterocycles. The fourth-order valence-electron chi connectivity index (χ4n) is 3.17. The Kier molecular flexibility index (Phi) is 6.16. The zero-order valence-corrected chi connectivity index (χ0v) is 17.0. The van der Waals surface area contributed by atoms with Crippen LogP contribution in [0, 0.1) is 11.6 Å². The summed E-state index contributed by atoms with van der Waals surface area (Å²) in [5, 5.41) is 10.7. The normalized spacial score (nSPS) is 13.3. The van der Waals surface area contributed by atoms with Gasteiger partial charge in [-0.25, -0.2) is 13.8 Å². The molecule has 8 nitrogen and oxygen atoms in total. The third-order valence-corrected chi connectivity index (χ3v) is 5.00. The zero-order valence-electron chi connectivity index (χ0n) is 17.0. The highest BCUT2D eigenvalue weighted by atomic mass is 19.1. The second-order valence-electron chi connectivity index (χ2n) is 7.06. The maximum absolute atomic E-state index is 14.5. The number of aryl methyl sites for hydroxylation is 1. The quantitative estimate of drug-likeness (QED) is 0.446. The lowest BCUT2D eigenvalue weighted by atomic mass is 10.1. The van der Waals surface area contributed by atoms with Crippen molar-refractivity contribution in [1.82, 2.24) is 14.8 Å². The van der Waals surface area contributed by atoms with Gasteiger partial charge in [0.1, 0.15) is 11.6 Å². The third-order valence-electron chi connectivity index (χ3n) is 5.00. The molecule has 0 unspecified atom stereocenters. The number of carbonyl (C=O) groups is 1. The molecule has 0 saturated carbocycles. The number of halogens is 2. The SMILES string of the molecule is CC[C@H](N)[C@@H](C)Nc1nc(Nc2cc(F)cc3c2cnn3CC)c(C(N)=O)cc1F. The second kappa shape index (κ2) is 8.62. The smallest absolute Gasteiger partial charge is 0.252 e. The number of pyridine rings is 1. The van der Waals surface area contributed by atoms with Gasteiger partial charge in [0.2, 0.25) is 0 Å². The number of rotatable bonds is 8. The van der Waals surface area contributed by atoms with Gasteiger partial charge in [0.25, 0.3) is 5.91 Å². The summed E-state index contributed by atoms with van der Waals surface area (Å²) in [6.45, 7) is 6.16. The summed E-state index contributed by atoms with van der Waals surface area (Å²) in [5.74, 6) is -2.20. The number of fused-ring (bicyclic) bond motifs is 1. The number of nitrogens with zero attached hydrogens (tertiary/aromatic N) is 3. The van der Waals surface area contributed by atoms with Gasteiger partial charge in [-0.1, -0.05) is 6.92 Å². The van der Waals surface area contributed by atoms with E-state index < -0.39 is 17.5 Å². The van der Waals surface area contributed by atoms with Gasteiger partial charge in [-0.15, -0.1) is 0 Å². The number of aromatic nitrogens is 3. The van der Waals surface area contributed by atoms with Crippen LogP contribution in [0.4, 0.5) is 26.1 Å². The van der Waals surface area contributed by atoms with Crippen molar-refractivity contribution in [3.8, 4) is 0 Å². The van der Waals surface area contributed by atoms with Crippen LogP contribution in [-0.4, -0.2) is 32.8 Å². The summed E-state index contributed by atoms with van der Waals surface area (Å²) in [6.07, 6.45) is 2.26. The van der Waals surface area contributed by atoms with Crippen LogP contribution in [0.25, 0.3) is 10.9 Å². The van der Waals surface area contributed by atoms with Crippen molar-refractivity contribution in [1.29, 1.82) is 0 Å². The number of carbonyl (C=O) groups excluding carboxylic acids is 1. The molecule has 0 saturated heterocycles. The van der Waals surface area contributed by atoms with Crippen molar-refractivity contribution < 1.29 is 13.6 Å². The molecule has 0 aliphatic rings. The Bertz CT molecular complexity index is 1080. The Labute approximate surface area is 172 Å². The number of amides is 1. The molecule has 3 aromatic rings. The van der Waals surface area contributed by atoms with E-state index in [1.165, 1.54) is 12.1 Å². The summed E-state index contributed by atoms with van der Waals surface area (Å²) in [4.78, 5) is 16.1. The lowest BCUT2D eigenvalue weighted by molar-refractivity contribution is 0.100. The molecule has 2 atom stereocenters. The Morgan fingerprint density at radius 3 is 2.60 bits per heavy atom. The molecule has 3 rings (SSSR count). The van der Waals surface area contributed by atoms with Gasteiger partial charge in [0.15, 0.2) is 11.6 Å². The van der Waals surface area contributed by atoms with Gasteiger partial charge < -0.3 is 22.1 Å². The van der Waals surface area contributed by atoms with Gasteiger partial charge >= 0.3 is 0 Å². The second-order valence-corrected chi connectivity index (χ2v) is 7.06. The average Bonchev–Trinajstić information content (AvgIpc) is 3.12. The van der Waals surface area contributed by atoms with Gasteiger partial charge in [-0.05, 0) is 38.5 Å². The average molecular weight is 417 g/mol. The molecule has 0 fully saturated rings. The van der Waals surface area contributed by atoms with E-state index in [4.69, 9.17) is 11.5 Å². The standard InChI is InChI=1S/C20H25F2N7O/c1-4-15(23)10(3)26-20-14(22)8-12(18(24)30)19(28-20)27-16-6-11(21)7-17-13(16)9-25-29(17)5-2/h6-10,15H,4-5,23H2,1-3H3,(H2,24,30)(H2,26,27,28)/t10-,15+/m1/s1. The molecule has 0 spiro atoms. The predicted octanol–water partition coefficient (Wildman–Crippen LogP) is 3.11. The van der Waals surface area contributed by atoms with Crippen molar-refractivity contribution in [2.45, 2.75) is 45.8 Å². The summed E-state index contributed by atoms with van der Waals surface area (Å²) in [6, 6.07) is 3.12. The number of nitrogens with one attached hydrogen (secondary N) is 2. The summed E-state index contributed by atoms with van der Waals surface area (Å²) in [7, 11) is 0. The number of benzene rings is 1. The fraction of sp³-hybridized carbons (Fsp3) is 0.350. The Balaban J connectivity index is 2.07. The van der Waals surface area contributed by atoms with Crippen LogP contribution in [0.3, 0.4) is 0 Å². The number of nitrogens with two attached hydrogens (primary N) is 2. The summed E-state index contributed by atoms with van der Waals surface area (Å²) < 4.78 is 30.4.